The van der Waals surface area contributed by atoms with E-state index in [9.17, 15) is 5.11 Å². The number of anilines is 1. The highest BCUT2D eigenvalue weighted by molar-refractivity contribution is 8.13. The zero-order chi connectivity index (χ0) is 18.3. The van der Waals surface area contributed by atoms with Crippen molar-refractivity contribution >= 4 is 22.6 Å². The van der Waals surface area contributed by atoms with E-state index in [-0.39, 0.29) is 17.0 Å². The topological polar surface area (TPSA) is 26.5 Å². The Morgan fingerprint density at radius 3 is 2.59 bits per heavy atom. The van der Waals surface area contributed by atoms with E-state index < -0.39 is 5.72 Å². The molecule has 0 aromatic heterocycles. The average molecular weight is 447 g/mol. The quantitative estimate of drug-likeness (QED) is 0.713. The van der Waals surface area contributed by atoms with E-state index in [0.717, 1.165) is 30.7 Å². The van der Waals surface area contributed by atoms with Crippen molar-refractivity contribution in [3.05, 3.63) is 64.7 Å². The van der Waals surface area contributed by atoms with Crippen LogP contribution in [0.15, 0.2) is 42.5 Å². The van der Waals surface area contributed by atoms with Gasteiger partial charge in [-0.15, -0.1) is 0 Å². The van der Waals surface area contributed by atoms with Crippen molar-refractivity contribution < 1.29 is 26.7 Å². The Balaban J connectivity index is 0.00000210. The van der Waals surface area contributed by atoms with E-state index in [1.807, 2.05) is 11.8 Å². The second-order valence-corrected chi connectivity index (χ2v) is 8.44. The fourth-order valence-corrected chi connectivity index (χ4v) is 5.13. The lowest BCUT2D eigenvalue weighted by Gasteiger charge is -2.24. The van der Waals surface area contributed by atoms with Gasteiger partial charge in [0.25, 0.3) is 5.72 Å². The molecule has 144 valence electrons. The van der Waals surface area contributed by atoms with Gasteiger partial charge in [-0.2, -0.15) is 0 Å². The highest BCUT2D eigenvalue weighted by Gasteiger charge is 2.53. The van der Waals surface area contributed by atoms with Crippen molar-refractivity contribution in [3.63, 3.8) is 0 Å². The first-order valence-corrected chi connectivity index (χ1v) is 10.5. The molecule has 0 fully saturated rings. The third-order valence-corrected chi connectivity index (χ3v) is 6.72. The van der Waals surface area contributed by atoms with Gasteiger partial charge in [-0.3, -0.25) is 0 Å². The largest absolute Gasteiger partial charge is 1.00 e. The number of aryl methyl sites for hydroxylation is 3. The van der Waals surface area contributed by atoms with Gasteiger partial charge in [0.2, 0.25) is 0 Å². The number of halogens is 1. The number of β-amino-alcohol motifs (C(OH)–C–C–N with tert-alkyl or cyclic N) is 1. The Morgan fingerprint density at radius 2 is 1.89 bits per heavy atom. The summed E-state index contributed by atoms with van der Waals surface area (Å²) in [6, 6.07) is 15.1. The third kappa shape index (κ3) is 3.57. The smallest absolute Gasteiger partial charge is 0.316 e. The molecule has 27 heavy (non-hydrogen) atoms. The number of hydrogen-bond donors (Lipinski definition) is 1. The summed E-state index contributed by atoms with van der Waals surface area (Å²) in [5.74, 6) is 1.11. The maximum atomic E-state index is 11.8. The van der Waals surface area contributed by atoms with Crippen molar-refractivity contribution in [3.8, 4) is 0 Å². The van der Waals surface area contributed by atoms with Crippen molar-refractivity contribution in [2.45, 2.75) is 39.3 Å². The van der Waals surface area contributed by atoms with Crippen LogP contribution in [0.5, 0.6) is 0 Å². The summed E-state index contributed by atoms with van der Waals surface area (Å²) < 4.78 is 2.21. The molecule has 4 rings (SSSR count). The van der Waals surface area contributed by atoms with Gasteiger partial charge in [0.1, 0.15) is 5.69 Å². The molecule has 2 aromatic carbocycles. The predicted molar refractivity (Wildman–Crippen MR) is 110 cm³/mol. The van der Waals surface area contributed by atoms with E-state index in [2.05, 4.69) is 72.7 Å². The van der Waals surface area contributed by atoms with Gasteiger partial charge in [0, 0.05) is 11.3 Å². The SMILES string of the molecule is CCc1ccc(C2(O)CN(c3cc(C)ccc3C)C3=[N+]2CCCS3)cc1.[Br-]. The Labute approximate surface area is 176 Å². The molecule has 0 aliphatic carbocycles. The number of thioether (sulfide) groups is 1. The normalized spacial score (nSPS) is 21.9. The minimum atomic E-state index is -0.967. The van der Waals surface area contributed by atoms with Crippen LogP contribution >= 0.6 is 11.8 Å². The zero-order valence-electron chi connectivity index (χ0n) is 16.2. The molecule has 2 heterocycles. The molecule has 0 radical (unpaired) electrons. The van der Waals surface area contributed by atoms with Crippen LogP contribution in [0.4, 0.5) is 5.69 Å². The van der Waals surface area contributed by atoms with Crippen molar-refractivity contribution in [1.82, 2.24) is 0 Å². The summed E-state index contributed by atoms with van der Waals surface area (Å²) >= 11 is 1.86. The fourth-order valence-electron chi connectivity index (χ4n) is 3.95. The molecule has 0 bridgehead atoms. The fraction of sp³-hybridized carbons (Fsp3) is 0.409. The standard InChI is InChI=1S/C22H27N2OS.BrH/c1-4-18-8-10-19(11-9-18)22(25)15-23(21-24(22)12-5-13-26-21)20-14-16(2)6-7-17(20)3;/h6-11,14,25H,4-5,12-13,15H2,1-3H3;1H/q+1;/p-1. The van der Waals surface area contributed by atoms with Gasteiger partial charge in [-0.25, -0.2) is 9.48 Å². The Morgan fingerprint density at radius 1 is 1.15 bits per heavy atom. The summed E-state index contributed by atoms with van der Waals surface area (Å²) in [6.07, 6.45) is 2.12. The maximum absolute atomic E-state index is 11.8. The first-order chi connectivity index (χ1) is 12.5. The number of aliphatic hydroxyl groups is 1. The van der Waals surface area contributed by atoms with Crippen LogP contribution in [0.2, 0.25) is 0 Å². The molecular formula is C22H27BrN2OS. The molecular weight excluding hydrogens is 420 g/mol. The second kappa shape index (κ2) is 7.98. The van der Waals surface area contributed by atoms with Gasteiger partial charge in [-0.1, -0.05) is 43.3 Å². The van der Waals surface area contributed by atoms with Crippen molar-refractivity contribution in [2.24, 2.45) is 0 Å². The Kier molecular flexibility index (Phi) is 6.04. The number of hydrogen-bond acceptors (Lipinski definition) is 3. The molecule has 0 saturated carbocycles. The lowest BCUT2D eigenvalue weighted by Crippen LogP contribution is -3.00. The maximum Gasteiger partial charge on any atom is 0.316 e. The van der Waals surface area contributed by atoms with Crippen LogP contribution in [0.1, 0.15) is 35.6 Å². The first-order valence-electron chi connectivity index (χ1n) is 9.47. The lowest BCUT2D eigenvalue weighted by molar-refractivity contribution is -0.656. The lowest BCUT2D eigenvalue weighted by atomic mass is 9.99. The minimum Gasteiger partial charge on any atom is -1.00 e. The van der Waals surface area contributed by atoms with E-state index in [1.54, 1.807) is 0 Å². The summed E-state index contributed by atoms with van der Waals surface area (Å²) in [5.41, 5.74) is 5.04. The van der Waals surface area contributed by atoms with E-state index in [0.29, 0.717) is 6.54 Å². The van der Waals surface area contributed by atoms with Gasteiger partial charge < -0.3 is 22.1 Å². The molecule has 0 amide bonds. The molecule has 2 aliphatic rings. The number of benzene rings is 2. The van der Waals surface area contributed by atoms with Gasteiger partial charge in [0.05, 0.1) is 6.54 Å². The number of rotatable bonds is 3. The molecule has 2 aliphatic heterocycles. The monoisotopic (exact) mass is 446 g/mol. The minimum absolute atomic E-state index is 0. The van der Waals surface area contributed by atoms with E-state index in [1.165, 1.54) is 27.5 Å². The zero-order valence-corrected chi connectivity index (χ0v) is 18.6. The molecule has 2 aromatic rings. The summed E-state index contributed by atoms with van der Waals surface area (Å²) in [5, 5.41) is 13.0. The number of nitrogens with zero attached hydrogens (tertiary/aromatic N) is 2. The molecule has 1 atom stereocenters. The summed E-state index contributed by atoms with van der Waals surface area (Å²) in [7, 11) is 0. The highest BCUT2D eigenvalue weighted by Crippen LogP contribution is 2.38. The highest BCUT2D eigenvalue weighted by atomic mass is 79.9. The van der Waals surface area contributed by atoms with Crippen LogP contribution in [0.25, 0.3) is 0 Å². The average Bonchev–Trinajstić information content (AvgIpc) is 2.98. The summed E-state index contributed by atoms with van der Waals surface area (Å²) in [4.78, 5) is 2.32. The summed E-state index contributed by atoms with van der Waals surface area (Å²) in [6.45, 7) is 7.92. The Hall–Kier alpha value is -1.30. The van der Waals surface area contributed by atoms with Crippen LogP contribution in [-0.4, -0.2) is 33.7 Å². The van der Waals surface area contributed by atoms with Crippen molar-refractivity contribution in [2.75, 3.05) is 23.7 Å². The second-order valence-electron chi connectivity index (χ2n) is 7.38. The third-order valence-electron chi connectivity index (χ3n) is 5.52. The van der Waals surface area contributed by atoms with E-state index >= 15 is 0 Å². The van der Waals surface area contributed by atoms with E-state index in [4.69, 9.17) is 0 Å². The molecule has 5 heteroatoms. The van der Waals surface area contributed by atoms with Crippen LogP contribution in [0.3, 0.4) is 0 Å². The van der Waals surface area contributed by atoms with Crippen LogP contribution in [-0.2, 0) is 12.1 Å². The van der Waals surface area contributed by atoms with Crippen molar-refractivity contribution in [1.29, 1.82) is 0 Å². The first kappa shape index (κ1) is 20.4. The van der Waals surface area contributed by atoms with Gasteiger partial charge in [0.15, 0.2) is 6.54 Å². The molecule has 1 N–H and O–H groups in total. The number of amidine groups is 1. The molecule has 0 spiro atoms. The van der Waals surface area contributed by atoms with Gasteiger partial charge >= 0.3 is 5.17 Å². The van der Waals surface area contributed by atoms with Crippen LogP contribution in [0, 0.1) is 13.8 Å². The predicted octanol–water partition coefficient (Wildman–Crippen LogP) is 1.04. The molecule has 0 saturated heterocycles. The molecule has 1 unspecified atom stereocenters. The van der Waals surface area contributed by atoms with Gasteiger partial charge in [-0.05, 0) is 61.2 Å². The Bertz CT molecular complexity index is 865. The molecule has 3 nitrogen and oxygen atoms in total. The van der Waals surface area contributed by atoms with Crippen LogP contribution < -0.4 is 21.9 Å².